The largest absolute Gasteiger partial charge is 0.490 e. The summed E-state index contributed by atoms with van der Waals surface area (Å²) in [5.74, 6) is 0.276. The Morgan fingerprint density at radius 2 is 2.09 bits per heavy atom. The van der Waals surface area contributed by atoms with Gasteiger partial charge >= 0.3 is 0 Å². The highest BCUT2D eigenvalue weighted by Crippen LogP contribution is 2.04. The monoisotopic (exact) mass is 172 g/mol. The maximum Gasteiger partial charge on any atom is 0.294 e. The van der Waals surface area contributed by atoms with Crippen LogP contribution in [0.4, 0.5) is 0 Å². The summed E-state index contributed by atoms with van der Waals surface area (Å²) in [6, 6.07) is 0. The fourth-order valence-electron chi connectivity index (χ4n) is 0.834. The van der Waals surface area contributed by atoms with E-state index in [-0.39, 0.29) is 11.3 Å². The topological polar surface area (TPSA) is 57.9 Å². The standard InChI is InChI=1S/C6H8N2O2S/c1-3-4(10-2)5(9)8-6(11)7-3/h1-2H3,(H2,7,8,9,11). The minimum absolute atomic E-state index is 0.276. The molecule has 0 amide bonds. The van der Waals surface area contributed by atoms with Gasteiger partial charge in [0.1, 0.15) is 0 Å². The molecule has 60 valence electrons. The van der Waals surface area contributed by atoms with Crippen LogP contribution in [-0.4, -0.2) is 17.1 Å². The first-order chi connectivity index (χ1) is 5.15. The number of methoxy groups -OCH3 is 1. The predicted molar refractivity (Wildman–Crippen MR) is 43.5 cm³/mol. The Hall–Kier alpha value is -1.10. The van der Waals surface area contributed by atoms with Gasteiger partial charge in [-0.25, -0.2) is 0 Å². The van der Waals surface area contributed by atoms with Gasteiger partial charge in [0, 0.05) is 0 Å². The first-order valence-electron chi connectivity index (χ1n) is 3.02. The first kappa shape index (κ1) is 8.00. The highest BCUT2D eigenvalue weighted by atomic mass is 32.1. The van der Waals surface area contributed by atoms with Crippen LogP contribution in [0.5, 0.6) is 5.75 Å². The van der Waals surface area contributed by atoms with Gasteiger partial charge in [-0.15, -0.1) is 0 Å². The lowest BCUT2D eigenvalue weighted by molar-refractivity contribution is 0.402. The SMILES string of the molecule is COc1c(C)[nH]c(=S)[nH]c1=O. The van der Waals surface area contributed by atoms with Crippen molar-refractivity contribution in [2.75, 3.05) is 7.11 Å². The highest BCUT2D eigenvalue weighted by molar-refractivity contribution is 7.71. The zero-order chi connectivity index (χ0) is 8.43. The van der Waals surface area contributed by atoms with Crippen LogP contribution in [0.25, 0.3) is 0 Å². The number of hydrogen-bond donors (Lipinski definition) is 2. The second kappa shape index (κ2) is 2.87. The maximum absolute atomic E-state index is 11.0. The predicted octanol–water partition coefficient (Wildman–Crippen LogP) is 0.750. The Labute approximate surface area is 68.2 Å². The normalized spacial score (nSPS) is 9.64. The molecule has 0 spiro atoms. The molecule has 1 heterocycles. The summed E-state index contributed by atoms with van der Waals surface area (Å²) in [7, 11) is 1.44. The third kappa shape index (κ3) is 1.48. The van der Waals surface area contributed by atoms with E-state index in [0.29, 0.717) is 10.5 Å². The van der Waals surface area contributed by atoms with E-state index >= 15 is 0 Å². The van der Waals surface area contributed by atoms with E-state index in [0.717, 1.165) is 0 Å². The number of rotatable bonds is 1. The van der Waals surface area contributed by atoms with Crippen LogP contribution in [-0.2, 0) is 0 Å². The molecule has 0 saturated carbocycles. The Balaban J connectivity index is 3.49. The molecular weight excluding hydrogens is 164 g/mol. The van der Waals surface area contributed by atoms with E-state index in [4.69, 9.17) is 17.0 Å². The van der Waals surface area contributed by atoms with Crippen LogP contribution >= 0.6 is 12.2 Å². The van der Waals surface area contributed by atoms with E-state index in [1.807, 2.05) is 0 Å². The van der Waals surface area contributed by atoms with Gasteiger partial charge in [0.05, 0.1) is 12.8 Å². The van der Waals surface area contributed by atoms with Crippen LogP contribution in [0.1, 0.15) is 5.69 Å². The fraction of sp³-hybridized carbons (Fsp3) is 0.333. The van der Waals surface area contributed by atoms with Gasteiger partial charge in [0.2, 0.25) is 5.75 Å². The number of nitrogens with one attached hydrogen (secondary N) is 2. The fourth-order valence-corrected chi connectivity index (χ4v) is 1.08. The number of ether oxygens (including phenoxy) is 1. The molecule has 0 unspecified atom stereocenters. The molecule has 11 heavy (non-hydrogen) atoms. The zero-order valence-electron chi connectivity index (χ0n) is 6.22. The molecule has 1 aromatic rings. The van der Waals surface area contributed by atoms with Crippen LogP contribution in [0, 0.1) is 11.7 Å². The van der Waals surface area contributed by atoms with Crippen LogP contribution < -0.4 is 10.3 Å². The van der Waals surface area contributed by atoms with Crippen LogP contribution in [0.3, 0.4) is 0 Å². The van der Waals surface area contributed by atoms with Crippen molar-refractivity contribution in [2.24, 2.45) is 0 Å². The van der Waals surface area contributed by atoms with Crippen molar-refractivity contribution in [3.05, 3.63) is 20.8 Å². The smallest absolute Gasteiger partial charge is 0.294 e. The molecule has 5 heteroatoms. The van der Waals surface area contributed by atoms with Crippen molar-refractivity contribution in [3.63, 3.8) is 0 Å². The lowest BCUT2D eigenvalue weighted by Gasteiger charge is -2.00. The minimum Gasteiger partial charge on any atom is -0.490 e. The van der Waals surface area contributed by atoms with E-state index in [1.54, 1.807) is 6.92 Å². The molecule has 0 aliphatic rings. The molecule has 0 radical (unpaired) electrons. The lowest BCUT2D eigenvalue weighted by atomic mass is 10.4. The van der Waals surface area contributed by atoms with Crippen molar-refractivity contribution in [1.82, 2.24) is 9.97 Å². The van der Waals surface area contributed by atoms with E-state index in [9.17, 15) is 4.79 Å². The van der Waals surface area contributed by atoms with Crippen LogP contribution in [0.2, 0.25) is 0 Å². The van der Waals surface area contributed by atoms with Crippen molar-refractivity contribution >= 4 is 12.2 Å². The van der Waals surface area contributed by atoms with Crippen molar-refractivity contribution < 1.29 is 4.74 Å². The molecule has 0 aliphatic heterocycles. The summed E-state index contributed by atoms with van der Waals surface area (Å²) in [5, 5.41) is 0. The molecule has 1 aromatic heterocycles. The van der Waals surface area contributed by atoms with E-state index < -0.39 is 0 Å². The Kier molecular flexibility index (Phi) is 2.09. The van der Waals surface area contributed by atoms with Gasteiger partial charge in [-0.3, -0.25) is 9.78 Å². The summed E-state index contributed by atoms with van der Waals surface area (Å²) in [6.07, 6.45) is 0. The highest BCUT2D eigenvalue weighted by Gasteiger charge is 2.01. The van der Waals surface area contributed by atoms with Gasteiger partial charge < -0.3 is 9.72 Å². The molecular formula is C6H8N2O2S. The van der Waals surface area contributed by atoms with Gasteiger partial charge in [0.25, 0.3) is 5.56 Å². The molecule has 0 atom stereocenters. The molecule has 1 rings (SSSR count). The average Bonchev–Trinajstić information content (AvgIpc) is 1.85. The number of aromatic nitrogens is 2. The molecule has 0 fully saturated rings. The van der Waals surface area contributed by atoms with Crippen molar-refractivity contribution in [2.45, 2.75) is 6.92 Å². The third-order valence-electron chi connectivity index (χ3n) is 1.28. The third-order valence-corrected chi connectivity index (χ3v) is 1.48. The maximum atomic E-state index is 11.0. The molecule has 0 aliphatic carbocycles. The second-order valence-electron chi connectivity index (χ2n) is 2.07. The summed E-state index contributed by atoms with van der Waals surface area (Å²) in [6.45, 7) is 1.73. The van der Waals surface area contributed by atoms with Gasteiger partial charge in [0.15, 0.2) is 4.77 Å². The average molecular weight is 172 g/mol. The Morgan fingerprint density at radius 3 is 2.55 bits per heavy atom. The van der Waals surface area contributed by atoms with E-state index in [2.05, 4.69) is 9.97 Å². The Bertz CT molecular complexity index is 366. The number of aryl methyl sites for hydroxylation is 1. The summed E-state index contributed by atoms with van der Waals surface area (Å²) < 4.78 is 5.12. The number of hydrogen-bond acceptors (Lipinski definition) is 3. The molecule has 0 saturated heterocycles. The molecule has 2 N–H and O–H groups in total. The molecule has 0 bridgehead atoms. The summed E-state index contributed by atoms with van der Waals surface area (Å²) in [5.41, 5.74) is 0.343. The molecule has 4 nitrogen and oxygen atoms in total. The Morgan fingerprint density at radius 1 is 1.45 bits per heavy atom. The first-order valence-corrected chi connectivity index (χ1v) is 3.43. The summed E-state index contributed by atoms with van der Waals surface area (Å²) >= 11 is 4.73. The zero-order valence-corrected chi connectivity index (χ0v) is 7.04. The summed E-state index contributed by atoms with van der Waals surface area (Å²) in [4.78, 5) is 16.2. The van der Waals surface area contributed by atoms with Crippen molar-refractivity contribution in [3.8, 4) is 5.75 Å². The second-order valence-corrected chi connectivity index (χ2v) is 2.47. The van der Waals surface area contributed by atoms with Gasteiger partial charge in [-0.1, -0.05) is 0 Å². The lowest BCUT2D eigenvalue weighted by Crippen LogP contribution is -2.12. The van der Waals surface area contributed by atoms with Crippen LogP contribution in [0.15, 0.2) is 4.79 Å². The molecule has 0 aromatic carbocycles. The minimum atomic E-state index is -0.297. The number of H-pyrrole nitrogens is 2. The van der Waals surface area contributed by atoms with Gasteiger partial charge in [-0.2, -0.15) is 0 Å². The number of aromatic amines is 2. The van der Waals surface area contributed by atoms with E-state index in [1.165, 1.54) is 7.11 Å². The van der Waals surface area contributed by atoms with Gasteiger partial charge in [-0.05, 0) is 19.1 Å². The van der Waals surface area contributed by atoms with Crippen molar-refractivity contribution in [1.29, 1.82) is 0 Å². The quantitative estimate of drug-likeness (QED) is 0.614.